The maximum Gasteiger partial charge on any atom is 0.410 e. The van der Waals surface area contributed by atoms with Crippen molar-refractivity contribution in [1.29, 1.82) is 0 Å². The Morgan fingerprint density at radius 2 is 1.81 bits per heavy atom. The van der Waals surface area contributed by atoms with Gasteiger partial charge in [0.05, 0.1) is 18.2 Å². The van der Waals surface area contributed by atoms with Crippen LogP contribution in [0.2, 0.25) is 10.0 Å². The molecule has 1 amide bonds. The van der Waals surface area contributed by atoms with Crippen LogP contribution in [0, 0.1) is 5.92 Å². The number of aromatic nitrogens is 1. The number of nitrogens with two attached hydrogens (primary N) is 1. The van der Waals surface area contributed by atoms with E-state index >= 15 is 0 Å². The summed E-state index contributed by atoms with van der Waals surface area (Å²) >= 11 is 12.6. The van der Waals surface area contributed by atoms with Crippen LogP contribution in [0.15, 0.2) is 48.5 Å². The number of rotatable bonds is 7. The van der Waals surface area contributed by atoms with E-state index in [9.17, 15) is 9.59 Å². The van der Waals surface area contributed by atoms with Crippen molar-refractivity contribution in [2.75, 3.05) is 19.7 Å². The molecular formula is C28H33Cl2N3O4. The van der Waals surface area contributed by atoms with Gasteiger partial charge in [0.1, 0.15) is 11.8 Å². The number of hydrogen-bond donors (Lipinski definition) is 2. The van der Waals surface area contributed by atoms with Crippen LogP contribution in [0.25, 0.3) is 10.9 Å². The van der Waals surface area contributed by atoms with Gasteiger partial charge in [0.2, 0.25) is 0 Å². The third-order valence-electron chi connectivity index (χ3n) is 6.56. The lowest BCUT2D eigenvalue weighted by Crippen LogP contribution is -2.46. The normalized spacial score (nSPS) is 16.5. The van der Waals surface area contributed by atoms with E-state index in [2.05, 4.69) is 4.98 Å². The SMILES string of the molecule is CC(C)(C)OC(=O)N1CCC(C(N)OCC(C(=O)c2cc3cc(Cl)ccc3[nH]2)c2ccccc2Cl)CC1. The number of H-pyrrole nitrogens is 1. The second-order valence-electron chi connectivity index (χ2n) is 10.5. The van der Waals surface area contributed by atoms with E-state index < -0.39 is 17.7 Å². The smallest absolute Gasteiger partial charge is 0.410 e. The molecule has 3 aromatic rings. The highest BCUT2D eigenvalue weighted by Gasteiger charge is 2.32. The number of likely N-dealkylation sites (tertiary alicyclic amines) is 1. The summed E-state index contributed by atoms with van der Waals surface area (Å²) in [6, 6.07) is 14.5. The minimum atomic E-state index is -0.648. The molecule has 0 aliphatic carbocycles. The first kappa shape index (κ1) is 27.5. The molecule has 2 heterocycles. The standard InChI is InChI=1S/C28H33Cl2N3O4/c1-28(2,3)37-27(35)33-12-10-17(11-13-33)26(31)36-16-21(20-6-4-5-7-22(20)30)25(34)24-15-18-14-19(29)8-9-23(18)32-24/h4-9,14-15,17,21,26,32H,10-13,16,31H2,1-3H3. The Hall–Kier alpha value is -2.58. The molecule has 1 aliphatic rings. The molecule has 1 aromatic heterocycles. The molecule has 2 atom stereocenters. The van der Waals surface area contributed by atoms with Crippen LogP contribution in [0.5, 0.6) is 0 Å². The number of carbonyl (C=O) groups is 2. The molecule has 2 unspecified atom stereocenters. The summed E-state index contributed by atoms with van der Waals surface area (Å²) in [5.74, 6) is -0.742. The van der Waals surface area contributed by atoms with Gasteiger partial charge in [0, 0.05) is 40.0 Å². The van der Waals surface area contributed by atoms with Gasteiger partial charge in [-0.1, -0.05) is 41.4 Å². The number of ketones is 1. The number of halogens is 2. The zero-order chi connectivity index (χ0) is 26.7. The van der Waals surface area contributed by atoms with E-state index in [1.54, 1.807) is 23.1 Å². The zero-order valence-corrected chi connectivity index (χ0v) is 22.8. The lowest BCUT2D eigenvalue weighted by molar-refractivity contribution is -0.0187. The first-order valence-electron chi connectivity index (χ1n) is 12.4. The molecule has 0 radical (unpaired) electrons. The van der Waals surface area contributed by atoms with E-state index in [-0.39, 0.29) is 24.4 Å². The Balaban J connectivity index is 1.44. The van der Waals surface area contributed by atoms with Gasteiger partial charge in [0.15, 0.2) is 5.78 Å². The minimum absolute atomic E-state index is 0.0518. The Morgan fingerprint density at radius 3 is 2.49 bits per heavy atom. The Labute approximate surface area is 227 Å². The van der Waals surface area contributed by atoms with Gasteiger partial charge < -0.3 is 25.1 Å². The van der Waals surface area contributed by atoms with Crippen molar-refractivity contribution in [3.05, 3.63) is 69.8 Å². The molecule has 0 bridgehead atoms. The number of aromatic amines is 1. The van der Waals surface area contributed by atoms with E-state index in [0.717, 1.165) is 10.9 Å². The Morgan fingerprint density at radius 1 is 1.11 bits per heavy atom. The number of benzene rings is 2. The second kappa shape index (κ2) is 11.4. The maximum atomic E-state index is 13.7. The van der Waals surface area contributed by atoms with E-state index in [4.69, 9.17) is 38.4 Å². The first-order chi connectivity index (χ1) is 17.5. The summed E-state index contributed by atoms with van der Waals surface area (Å²) in [6.07, 6.45) is 0.478. The second-order valence-corrected chi connectivity index (χ2v) is 11.3. The fraction of sp³-hybridized carbons (Fsp3) is 0.429. The third-order valence-corrected chi connectivity index (χ3v) is 7.14. The molecule has 1 fully saturated rings. The molecule has 3 N–H and O–H groups in total. The quantitative estimate of drug-likeness (QED) is 0.264. The molecule has 0 spiro atoms. The molecule has 9 heteroatoms. The average molecular weight is 546 g/mol. The van der Waals surface area contributed by atoms with Crippen molar-refractivity contribution in [3.63, 3.8) is 0 Å². The number of amides is 1. The van der Waals surface area contributed by atoms with Crippen molar-refractivity contribution in [2.24, 2.45) is 11.7 Å². The maximum absolute atomic E-state index is 13.7. The van der Waals surface area contributed by atoms with E-state index in [1.807, 2.05) is 51.1 Å². The van der Waals surface area contributed by atoms with Crippen LogP contribution in [-0.2, 0) is 9.47 Å². The summed E-state index contributed by atoms with van der Waals surface area (Å²) in [5, 5.41) is 1.94. The molecule has 1 saturated heterocycles. The number of nitrogens with one attached hydrogen (secondary N) is 1. The number of carbonyl (C=O) groups excluding carboxylic acids is 2. The van der Waals surface area contributed by atoms with Crippen LogP contribution in [0.3, 0.4) is 0 Å². The summed E-state index contributed by atoms with van der Waals surface area (Å²) in [5.41, 5.74) is 7.84. The predicted octanol–water partition coefficient (Wildman–Crippen LogP) is 6.39. The molecule has 198 valence electrons. The van der Waals surface area contributed by atoms with Gasteiger partial charge >= 0.3 is 6.09 Å². The van der Waals surface area contributed by atoms with Gasteiger partial charge in [-0.3, -0.25) is 4.79 Å². The Kier molecular flexibility index (Phi) is 8.49. The zero-order valence-electron chi connectivity index (χ0n) is 21.3. The molecule has 0 saturated carbocycles. The number of Topliss-reactive ketones (excluding diaryl/α,β-unsaturated/α-hetero) is 1. The molecule has 7 nitrogen and oxygen atoms in total. The fourth-order valence-electron chi connectivity index (χ4n) is 4.57. The molecule has 2 aromatic carbocycles. The predicted molar refractivity (Wildman–Crippen MR) is 146 cm³/mol. The largest absolute Gasteiger partial charge is 0.444 e. The first-order valence-corrected chi connectivity index (χ1v) is 13.2. The van der Waals surface area contributed by atoms with E-state index in [0.29, 0.717) is 47.2 Å². The summed E-state index contributed by atoms with van der Waals surface area (Å²) in [6.45, 7) is 6.71. The van der Waals surface area contributed by atoms with Crippen molar-refractivity contribution in [1.82, 2.24) is 9.88 Å². The monoisotopic (exact) mass is 545 g/mol. The molecule has 1 aliphatic heterocycles. The minimum Gasteiger partial charge on any atom is -0.444 e. The van der Waals surface area contributed by atoms with Crippen LogP contribution < -0.4 is 5.73 Å². The van der Waals surface area contributed by atoms with Gasteiger partial charge in [-0.2, -0.15) is 0 Å². The topological polar surface area (TPSA) is 97.7 Å². The van der Waals surface area contributed by atoms with Crippen LogP contribution in [0.1, 0.15) is 55.6 Å². The summed E-state index contributed by atoms with van der Waals surface area (Å²) in [7, 11) is 0. The van der Waals surface area contributed by atoms with Crippen molar-refractivity contribution < 1.29 is 19.1 Å². The lowest BCUT2D eigenvalue weighted by Gasteiger charge is -2.35. The fourth-order valence-corrected chi connectivity index (χ4v) is 5.02. The van der Waals surface area contributed by atoms with Crippen LogP contribution >= 0.6 is 23.2 Å². The highest BCUT2D eigenvalue weighted by atomic mass is 35.5. The highest BCUT2D eigenvalue weighted by molar-refractivity contribution is 6.32. The van der Waals surface area contributed by atoms with Gasteiger partial charge in [-0.05, 0) is 69.5 Å². The molecule has 37 heavy (non-hydrogen) atoms. The average Bonchev–Trinajstić information content (AvgIpc) is 3.27. The highest BCUT2D eigenvalue weighted by Crippen LogP contribution is 2.31. The summed E-state index contributed by atoms with van der Waals surface area (Å²) in [4.78, 5) is 30.9. The van der Waals surface area contributed by atoms with Crippen LogP contribution in [-0.4, -0.2) is 53.3 Å². The summed E-state index contributed by atoms with van der Waals surface area (Å²) < 4.78 is 11.6. The lowest BCUT2D eigenvalue weighted by atomic mass is 9.92. The van der Waals surface area contributed by atoms with Crippen LogP contribution in [0.4, 0.5) is 4.79 Å². The third kappa shape index (κ3) is 6.85. The number of ether oxygens (including phenoxy) is 2. The van der Waals surface area contributed by atoms with Gasteiger partial charge in [-0.25, -0.2) is 4.79 Å². The molecular weight excluding hydrogens is 513 g/mol. The number of piperidine rings is 1. The Bertz CT molecular complexity index is 1260. The van der Waals surface area contributed by atoms with Crippen molar-refractivity contribution in [3.8, 4) is 0 Å². The van der Waals surface area contributed by atoms with E-state index in [1.165, 1.54) is 0 Å². The van der Waals surface area contributed by atoms with Crippen molar-refractivity contribution >= 4 is 46.0 Å². The van der Waals surface area contributed by atoms with Gasteiger partial charge in [-0.15, -0.1) is 0 Å². The number of fused-ring (bicyclic) bond motifs is 1. The molecule has 4 rings (SSSR count). The number of nitrogens with zero attached hydrogens (tertiary/aromatic N) is 1. The number of hydrogen-bond acceptors (Lipinski definition) is 5. The van der Waals surface area contributed by atoms with Crippen molar-refractivity contribution in [2.45, 2.75) is 51.4 Å². The van der Waals surface area contributed by atoms with Gasteiger partial charge in [0.25, 0.3) is 0 Å².